The third-order valence-electron chi connectivity index (χ3n) is 2.79. The molecule has 3 nitrogen and oxygen atoms in total. The van der Waals surface area contributed by atoms with Crippen molar-refractivity contribution in [3.05, 3.63) is 38.8 Å². The Morgan fingerprint density at radius 1 is 1.22 bits per heavy atom. The molecule has 18 heavy (non-hydrogen) atoms. The zero-order valence-electron chi connectivity index (χ0n) is 10.8. The van der Waals surface area contributed by atoms with Crippen molar-refractivity contribution in [1.82, 2.24) is 14.8 Å². The molecule has 2 rings (SSSR count). The van der Waals surface area contributed by atoms with Crippen molar-refractivity contribution < 1.29 is 0 Å². The summed E-state index contributed by atoms with van der Waals surface area (Å²) >= 11 is 9.78. The molecule has 0 aliphatic carbocycles. The van der Waals surface area contributed by atoms with Gasteiger partial charge in [-0.05, 0) is 58.6 Å². The number of nitrogens with zero attached hydrogens (tertiary/aromatic N) is 3. The van der Waals surface area contributed by atoms with Gasteiger partial charge in [-0.15, -0.1) is 10.2 Å². The molecule has 0 aliphatic heterocycles. The van der Waals surface area contributed by atoms with Crippen molar-refractivity contribution in [1.29, 1.82) is 0 Å². The van der Waals surface area contributed by atoms with Gasteiger partial charge in [-0.1, -0.05) is 19.9 Å². The van der Waals surface area contributed by atoms with E-state index >= 15 is 0 Å². The van der Waals surface area contributed by atoms with Crippen molar-refractivity contribution in [2.45, 2.75) is 33.6 Å². The second kappa shape index (κ2) is 5.02. The molecule has 96 valence electrons. The first-order chi connectivity index (χ1) is 8.41. The van der Waals surface area contributed by atoms with Crippen LogP contribution in [0.1, 0.15) is 36.7 Å². The monoisotopic (exact) mass is 327 g/mol. The smallest absolute Gasteiger partial charge is 0.229 e. The summed E-state index contributed by atoms with van der Waals surface area (Å²) in [6, 6.07) is 4.20. The van der Waals surface area contributed by atoms with Crippen molar-refractivity contribution in [3.63, 3.8) is 0 Å². The highest BCUT2D eigenvalue weighted by Crippen LogP contribution is 2.31. The maximum absolute atomic E-state index is 6.18. The Bertz CT molecular complexity index is 567. The van der Waals surface area contributed by atoms with Gasteiger partial charge in [0.25, 0.3) is 0 Å². The molecule has 0 saturated carbocycles. The van der Waals surface area contributed by atoms with Gasteiger partial charge in [0.2, 0.25) is 5.28 Å². The quantitative estimate of drug-likeness (QED) is 0.817. The van der Waals surface area contributed by atoms with E-state index in [2.05, 4.69) is 66.0 Å². The molecule has 0 amide bonds. The molecule has 0 fully saturated rings. The summed E-state index contributed by atoms with van der Waals surface area (Å²) in [5, 5.41) is 8.53. The molecule has 0 saturated heterocycles. The van der Waals surface area contributed by atoms with Gasteiger partial charge in [0.1, 0.15) is 5.82 Å². The van der Waals surface area contributed by atoms with Gasteiger partial charge in [-0.3, -0.25) is 4.57 Å². The largest absolute Gasteiger partial charge is 0.268 e. The Hall–Kier alpha value is -0.870. The van der Waals surface area contributed by atoms with Crippen LogP contribution in [0.15, 0.2) is 16.6 Å². The van der Waals surface area contributed by atoms with Gasteiger partial charge in [-0.25, -0.2) is 0 Å². The zero-order chi connectivity index (χ0) is 13.4. The van der Waals surface area contributed by atoms with Gasteiger partial charge < -0.3 is 0 Å². The van der Waals surface area contributed by atoms with Crippen LogP contribution in [0.2, 0.25) is 5.28 Å². The first-order valence-electron chi connectivity index (χ1n) is 5.79. The molecule has 0 aliphatic rings. The first-order valence-corrected chi connectivity index (χ1v) is 6.97. The van der Waals surface area contributed by atoms with E-state index in [1.54, 1.807) is 0 Å². The Morgan fingerprint density at radius 2 is 1.89 bits per heavy atom. The zero-order valence-corrected chi connectivity index (χ0v) is 13.2. The molecule has 1 aromatic heterocycles. The van der Waals surface area contributed by atoms with Crippen molar-refractivity contribution in [3.8, 4) is 5.69 Å². The molecule has 1 heterocycles. The van der Waals surface area contributed by atoms with E-state index in [1.807, 2.05) is 4.57 Å². The number of aromatic nitrogens is 3. The van der Waals surface area contributed by atoms with Gasteiger partial charge in [0, 0.05) is 10.4 Å². The standard InChI is InChI=1S/C13H15BrClN3/c1-7(2)12-16-17-13(15)18(12)11-9(4)5-8(3)6-10(11)14/h5-7H,1-4H3. The van der Waals surface area contributed by atoms with E-state index in [9.17, 15) is 0 Å². The highest BCUT2D eigenvalue weighted by atomic mass is 79.9. The molecular formula is C13H15BrClN3. The lowest BCUT2D eigenvalue weighted by atomic mass is 10.1. The van der Waals surface area contributed by atoms with Gasteiger partial charge in [-0.2, -0.15) is 0 Å². The molecule has 0 unspecified atom stereocenters. The minimum Gasteiger partial charge on any atom is -0.268 e. The van der Waals surface area contributed by atoms with Crippen LogP contribution >= 0.6 is 27.5 Å². The Kier molecular flexibility index (Phi) is 3.78. The van der Waals surface area contributed by atoms with E-state index in [0.29, 0.717) is 5.28 Å². The van der Waals surface area contributed by atoms with Crippen molar-refractivity contribution >= 4 is 27.5 Å². The minimum atomic E-state index is 0.262. The maximum Gasteiger partial charge on any atom is 0.229 e. The molecule has 0 atom stereocenters. The Balaban J connectivity index is 2.73. The highest BCUT2D eigenvalue weighted by Gasteiger charge is 2.18. The molecule has 1 aromatic carbocycles. The summed E-state index contributed by atoms with van der Waals surface area (Å²) in [5.41, 5.74) is 3.36. The summed E-state index contributed by atoms with van der Waals surface area (Å²) in [6.45, 7) is 8.29. The van der Waals surface area contributed by atoms with Crippen molar-refractivity contribution in [2.75, 3.05) is 0 Å². The second-order valence-corrected chi connectivity index (χ2v) is 5.92. The number of rotatable bonds is 2. The van der Waals surface area contributed by atoms with Gasteiger partial charge in [0.05, 0.1) is 5.69 Å². The molecule has 0 radical (unpaired) electrons. The average Bonchev–Trinajstić information content (AvgIpc) is 2.59. The van der Waals surface area contributed by atoms with Crippen LogP contribution < -0.4 is 0 Å². The lowest BCUT2D eigenvalue weighted by Gasteiger charge is -2.15. The minimum absolute atomic E-state index is 0.262. The van der Waals surface area contributed by atoms with Gasteiger partial charge in [0.15, 0.2) is 0 Å². The summed E-state index contributed by atoms with van der Waals surface area (Å²) in [5.74, 6) is 1.13. The van der Waals surface area contributed by atoms with Crippen LogP contribution in [0.5, 0.6) is 0 Å². The number of hydrogen-bond donors (Lipinski definition) is 0. The van der Waals surface area contributed by atoms with Crippen LogP contribution in [-0.2, 0) is 0 Å². The highest BCUT2D eigenvalue weighted by molar-refractivity contribution is 9.10. The average molecular weight is 329 g/mol. The number of halogens is 2. The van der Waals surface area contributed by atoms with E-state index in [-0.39, 0.29) is 5.92 Å². The van der Waals surface area contributed by atoms with Crippen LogP contribution in [0.4, 0.5) is 0 Å². The topological polar surface area (TPSA) is 30.7 Å². The summed E-state index contributed by atoms with van der Waals surface area (Å²) in [7, 11) is 0. The normalized spacial score (nSPS) is 11.3. The van der Waals surface area contributed by atoms with E-state index in [0.717, 1.165) is 21.5 Å². The second-order valence-electron chi connectivity index (χ2n) is 4.73. The third kappa shape index (κ3) is 2.31. The molecule has 0 spiro atoms. The Morgan fingerprint density at radius 3 is 2.44 bits per heavy atom. The molecular weight excluding hydrogens is 314 g/mol. The SMILES string of the molecule is Cc1cc(C)c(-n2c(Cl)nnc2C(C)C)c(Br)c1. The first kappa shape index (κ1) is 13.6. The van der Waals surface area contributed by atoms with Crippen LogP contribution in [-0.4, -0.2) is 14.8 Å². The van der Waals surface area contributed by atoms with Crippen LogP contribution in [0, 0.1) is 13.8 Å². The Labute approximate surface area is 120 Å². The van der Waals surface area contributed by atoms with Crippen molar-refractivity contribution in [2.24, 2.45) is 0 Å². The van der Waals surface area contributed by atoms with E-state index in [1.165, 1.54) is 5.56 Å². The molecule has 2 aromatic rings. The fraction of sp³-hybridized carbons (Fsp3) is 0.385. The maximum atomic E-state index is 6.18. The summed E-state index contributed by atoms with van der Waals surface area (Å²) in [6.07, 6.45) is 0. The molecule has 0 bridgehead atoms. The number of aryl methyl sites for hydroxylation is 2. The van der Waals surface area contributed by atoms with E-state index in [4.69, 9.17) is 11.6 Å². The van der Waals surface area contributed by atoms with Crippen LogP contribution in [0.25, 0.3) is 5.69 Å². The van der Waals surface area contributed by atoms with Crippen LogP contribution in [0.3, 0.4) is 0 Å². The fourth-order valence-electron chi connectivity index (χ4n) is 2.05. The lowest BCUT2D eigenvalue weighted by molar-refractivity contribution is 0.743. The molecule has 0 N–H and O–H groups in total. The lowest BCUT2D eigenvalue weighted by Crippen LogP contribution is -2.06. The number of hydrogen-bond acceptors (Lipinski definition) is 2. The predicted octanol–water partition coefficient (Wildman–Crippen LogP) is 4.42. The van der Waals surface area contributed by atoms with Gasteiger partial charge >= 0.3 is 0 Å². The summed E-state index contributed by atoms with van der Waals surface area (Å²) < 4.78 is 2.91. The molecule has 5 heteroatoms. The third-order valence-corrected chi connectivity index (χ3v) is 3.64. The fourth-order valence-corrected chi connectivity index (χ4v) is 3.11. The number of benzene rings is 1. The van der Waals surface area contributed by atoms with E-state index < -0.39 is 0 Å². The predicted molar refractivity (Wildman–Crippen MR) is 77.6 cm³/mol. The summed E-state index contributed by atoms with van der Waals surface area (Å²) in [4.78, 5) is 0.